The van der Waals surface area contributed by atoms with Crippen molar-refractivity contribution in [3.8, 4) is 0 Å². The van der Waals surface area contributed by atoms with Crippen LogP contribution in [0.15, 0.2) is 28.5 Å². The van der Waals surface area contributed by atoms with Gasteiger partial charge in [-0.3, -0.25) is 0 Å². The van der Waals surface area contributed by atoms with Gasteiger partial charge >= 0.3 is 0 Å². The minimum absolute atomic E-state index is 0.0421. The predicted molar refractivity (Wildman–Crippen MR) is 76.8 cm³/mol. The number of nitrogens with zero attached hydrogens (tertiary/aromatic N) is 1. The van der Waals surface area contributed by atoms with Gasteiger partial charge in [0.25, 0.3) is 0 Å². The first-order valence-electron chi connectivity index (χ1n) is 5.80. The van der Waals surface area contributed by atoms with Crippen molar-refractivity contribution in [3.63, 3.8) is 0 Å². The Morgan fingerprint density at radius 3 is 2.75 bits per heavy atom. The second-order valence-corrected chi connectivity index (χ2v) is 6.75. The van der Waals surface area contributed by atoms with Crippen LogP contribution in [-0.2, 0) is 16.6 Å². The number of anilines is 1. The van der Waals surface area contributed by atoms with E-state index in [2.05, 4.69) is 15.0 Å². The molecule has 2 rings (SSSR count). The van der Waals surface area contributed by atoms with Crippen LogP contribution in [0.5, 0.6) is 0 Å². The second kappa shape index (κ2) is 5.86. The van der Waals surface area contributed by atoms with Crippen LogP contribution in [0.4, 0.5) is 9.52 Å². The van der Waals surface area contributed by atoms with Crippen molar-refractivity contribution >= 4 is 26.5 Å². The van der Waals surface area contributed by atoms with Crippen LogP contribution < -0.4 is 10.0 Å². The molecule has 1 heterocycles. The summed E-state index contributed by atoms with van der Waals surface area (Å²) in [6.45, 7) is 1.62. The Hall–Kier alpha value is -1.51. The largest absolute Gasteiger partial charge is 0.365 e. The van der Waals surface area contributed by atoms with E-state index in [0.717, 1.165) is 11.2 Å². The first-order valence-corrected chi connectivity index (χ1v) is 8.16. The van der Waals surface area contributed by atoms with Gasteiger partial charge < -0.3 is 5.32 Å². The van der Waals surface area contributed by atoms with Crippen LogP contribution in [0.3, 0.4) is 0 Å². The Morgan fingerprint density at radius 2 is 2.15 bits per heavy atom. The maximum Gasteiger partial charge on any atom is 0.240 e. The normalized spacial score (nSPS) is 11.6. The average Bonchev–Trinajstić information content (AvgIpc) is 2.87. The van der Waals surface area contributed by atoms with Gasteiger partial charge in [-0.2, -0.15) is 0 Å². The predicted octanol–water partition coefficient (Wildman–Crippen LogP) is 2.11. The van der Waals surface area contributed by atoms with E-state index < -0.39 is 15.8 Å². The molecule has 0 bridgehead atoms. The van der Waals surface area contributed by atoms with Gasteiger partial charge in [0.2, 0.25) is 10.0 Å². The lowest BCUT2D eigenvalue weighted by atomic mass is 10.2. The molecule has 0 aliphatic rings. The second-order valence-electron chi connectivity index (χ2n) is 4.13. The molecule has 1 aromatic carbocycles. The molecule has 0 fully saturated rings. The minimum Gasteiger partial charge on any atom is -0.365 e. The Kier molecular flexibility index (Phi) is 4.36. The van der Waals surface area contributed by atoms with Crippen LogP contribution in [0, 0.1) is 12.7 Å². The van der Waals surface area contributed by atoms with Crippen LogP contribution in [0.2, 0.25) is 0 Å². The van der Waals surface area contributed by atoms with Crippen molar-refractivity contribution in [1.82, 2.24) is 9.71 Å². The lowest BCUT2D eigenvalue weighted by Crippen LogP contribution is -2.23. The van der Waals surface area contributed by atoms with E-state index in [1.165, 1.54) is 30.4 Å². The lowest BCUT2D eigenvalue weighted by molar-refractivity contribution is 0.579. The molecule has 0 amide bonds. The van der Waals surface area contributed by atoms with Crippen molar-refractivity contribution in [2.45, 2.75) is 18.4 Å². The highest BCUT2D eigenvalue weighted by Gasteiger charge is 2.15. The first-order chi connectivity index (χ1) is 9.42. The van der Waals surface area contributed by atoms with E-state index in [1.807, 2.05) is 0 Å². The number of aryl methyl sites for hydroxylation is 1. The van der Waals surface area contributed by atoms with E-state index in [9.17, 15) is 12.8 Å². The molecular formula is C12H14FN3O2S2. The zero-order valence-corrected chi connectivity index (χ0v) is 12.6. The average molecular weight is 315 g/mol. The molecule has 0 unspecified atom stereocenters. The molecule has 8 heteroatoms. The van der Waals surface area contributed by atoms with Gasteiger partial charge in [0.1, 0.15) is 5.82 Å². The highest BCUT2D eigenvalue weighted by atomic mass is 32.2. The summed E-state index contributed by atoms with van der Waals surface area (Å²) in [5, 5.41) is 5.37. The van der Waals surface area contributed by atoms with Crippen molar-refractivity contribution in [1.29, 1.82) is 0 Å². The van der Waals surface area contributed by atoms with Crippen molar-refractivity contribution < 1.29 is 12.8 Å². The highest BCUT2D eigenvalue weighted by molar-refractivity contribution is 7.89. The van der Waals surface area contributed by atoms with E-state index >= 15 is 0 Å². The Bertz CT molecular complexity index is 713. The maximum absolute atomic E-state index is 13.1. The molecule has 0 aliphatic carbocycles. The molecule has 0 spiro atoms. The molecule has 0 saturated heterocycles. The van der Waals surface area contributed by atoms with Crippen molar-refractivity contribution in [2.75, 3.05) is 12.4 Å². The fourth-order valence-corrected chi connectivity index (χ4v) is 3.29. The van der Waals surface area contributed by atoms with Crippen LogP contribution >= 0.6 is 11.3 Å². The molecule has 0 saturated carbocycles. The third-order valence-electron chi connectivity index (χ3n) is 2.65. The van der Waals surface area contributed by atoms with Crippen molar-refractivity contribution in [3.05, 3.63) is 40.7 Å². The smallest absolute Gasteiger partial charge is 0.240 e. The number of sulfonamides is 1. The summed E-state index contributed by atoms with van der Waals surface area (Å²) < 4.78 is 39.7. The van der Waals surface area contributed by atoms with Crippen LogP contribution in [0.1, 0.15) is 11.3 Å². The number of rotatable bonds is 5. The summed E-state index contributed by atoms with van der Waals surface area (Å²) in [7, 11) is -1.92. The number of hydrogen-bond acceptors (Lipinski definition) is 5. The van der Waals surface area contributed by atoms with Gasteiger partial charge in [-0.15, -0.1) is 11.3 Å². The van der Waals surface area contributed by atoms with E-state index in [0.29, 0.717) is 11.3 Å². The van der Waals surface area contributed by atoms with E-state index in [1.54, 1.807) is 12.4 Å². The minimum atomic E-state index is -3.67. The molecule has 2 N–H and O–H groups in total. The van der Waals surface area contributed by atoms with Crippen molar-refractivity contribution in [2.24, 2.45) is 0 Å². The summed E-state index contributed by atoms with van der Waals surface area (Å²) in [5.74, 6) is -0.429. The summed E-state index contributed by atoms with van der Waals surface area (Å²) in [5.41, 5.74) is 0.917. The molecule has 0 atom stereocenters. The number of nitrogens with one attached hydrogen (secondary N) is 2. The molecule has 1 aromatic heterocycles. The molecular weight excluding hydrogens is 301 g/mol. The van der Waals surface area contributed by atoms with E-state index in [4.69, 9.17) is 0 Å². The summed E-state index contributed by atoms with van der Waals surface area (Å²) in [4.78, 5) is 4.22. The van der Waals surface area contributed by atoms with E-state index in [-0.39, 0.29) is 11.4 Å². The number of halogens is 1. The van der Waals surface area contributed by atoms with Gasteiger partial charge in [-0.1, -0.05) is 0 Å². The molecule has 108 valence electrons. The standard InChI is InChI=1S/C12H14FN3O2S2/c1-8-5-10(3-4-11(8)13)20(17,18)15-6-9-7-19-12(14-2)16-9/h3-5,7,15H,6H2,1-2H3,(H,14,16). The summed E-state index contributed by atoms with van der Waals surface area (Å²) in [6, 6.07) is 3.69. The third kappa shape index (κ3) is 3.33. The fraction of sp³-hybridized carbons (Fsp3) is 0.250. The highest BCUT2D eigenvalue weighted by Crippen LogP contribution is 2.16. The monoisotopic (exact) mass is 315 g/mol. The maximum atomic E-state index is 13.1. The zero-order valence-electron chi connectivity index (χ0n) is 11.0. The molecule has 5 nitrogen and oxygen atoms in total. The molecule has 0 radical (unpaired) electrons. The number of hydrogen-bond donors (Lipinski definition) is 2. The Balaban J connectivity index is 2.12. The van der Waals surface area contributed by atoms with Gasteiger partial charge in [0.15, 0.2) is 5.13 Å². The topological polar surface area (TPSA) is 71.1 Å². The third-order valence-corrected chi connectivity index (χ3v) is 4.96. The summed E-state index contributed by atoms with van der Waals surface area (Å²) >= 11 is 1.39. The number of aromatic nitrogens is 1. The van der Waals surface area contributed by atoms with Crippen LogP contribution in [-0.4, -0.2) is 20.4 Å². The molecule has 2 aromatic rings. The Morgan fingerprint density at radius 1 is 1.40 bits per heavy atom. The lowest BCUT2D eigenvalue weighted by Gasteiger charge is -2.06. The number of benzene rings is 1. The fourth-order valence-electron chi connectivity index (χ4n) is 1.54. The summed E-state index contributed by atoms with van der Waals surface area (Å²) in [6.07, 6.45) is 0. The first kappa shape index (κ1) is 14.9. The number of thiazole rings is 1. The quantitative estimate of drug-likeness (QED) is 0.886. The molecule has 20 heavy (non-hydrogen) atoms. The Labute approximate surface area is 120 Å². The SMILES string of the molecule is CNc1nc(CNS(=O)(=O)c2ccc(F)c(C)c2)cs1. The van der Waals surface area contributed by atoms with Gasteiger partial charge in [0, 0.05) is 12.4 Å². The van der Waals surface area contributed by atoms with Gasteiger partial charge in [0.05, 0.1) is 17.1 Å². The van der Waals surface area contributed by atoms with Gasteiger partial charge in [-0.25, -0.2) is 22.5 Å². The molecule has 0 aliphatic heterocycles. The zero-order chi connectivity index (χ0) is 14.8. The van der Waals surface area contributed by atoms with Crippen LogP contribution in [0.25, 0.3) is 0 Å². The van der Waals surface area contributed by atoms with Gasteiger partial charge in [-0.05, 0) is 30.7 Å².